The largest absolute Gasteiger partial charge is 0.351 e. The minimum atomic E-state index is -1.01. The summed E-state index contributed by atoms with van der Waals surface area (Å²) in [5.41, 5.74) is 0.310. The van der Waals surface area contributed by atoms with E-state index in [2.05, 4.69) is 10.6 Å². The summed E-state index contributed by atoms with van der Waals surface area (Å²) in [6.07, 6.45) is 1.05. The highest BCUT2D eigenvalue weighted by atomic mass is 35.5. The van der Waals surface area contributed by atoms with Gasteiger partial charge in [0.15, 0.2) is 0 Å². The Morgan fingerprint density at radius 1 is 0.917 bits per heavy atom. The Hall–Kier alpha value is -2.04. The van der Waals surface area contributed by atoms with Crippen LogP contribution in [0.2, 0.25) is 10.0 Å². The maximum absolute atomic E-state index is 12.5. The number of amides is 2. The quantitative estimate of drug-likeness (QED) is 0.788. The molecule has 2 aromatic rings. The first kappa shape index (κ1) is 16.8. The van der Waals surface area contributed by atoms with E-state index in [1.54, 1.807) is 30.3 Å². The van der Waals surface area contributed by atoms with Crippen LogP contribution in [0.15, 0.2) is 48.5 Å². The molecule has 0 bridgehead atoms. The van der Waals surface area contributed by atoms with Crippen molar-refractivity contribution in [2.75, 3.05) is 5.32 Å². The van der Waals surface area contributed by atoms with Gasteiger partial charge >= 0.3 is 0 Å². The Morgan fingerprint density at radius 3 is 2.17 bits per heavy atom. The van der Waals surface area contributed by atoms with Gasteiger partial charge in [0.2, 0.25) is 11.8 Å². The van der Waals surface area contributed by atoms with Gasteiger partial charge in [-0.2, -0.15) is 0 Å². The van der Waals surface area contributed by atoms with Crippen LogP contribution in [0.4, 0.5) is 5.69 Å². The number of carbonyl (C=O) groups excluding carboxylic acids is 2. The molecule has 24 heavy (non-hydrogen) atoms. The maximum atomic E-state index is 12.5. The molecule has 1 aliphatic rings. The molecule has 0 unspecified atom stereocenters. The first-order valence-electron chi connectivity index (χ1n) is 7.61. The Balaban J connectivity index is 1.65. The zero-order valence-electron chi connectivity index (χ0n) is 12.8. The number of hydrogen-bond acceptors (Lipinski definition) is 2. The summed E-state index contributed by atoms with van der Waals surface area (Å²) in [5.74, 6) is -0.612. The summed E-state index contributed by atoms with van der Waals surface area (Å²) in [6.45, 7) is 0.291. The van der Waals surface area contributed by atoms with Gasteiger partial charge in [0.05, 0.1) is 10.7 Å². The Bertz CT molecular complexity index is 788. The molecule has 0 heterocycles. The van der Waals surface area contributed by atoms with Crippen molar-refractivity contribution in [2.45, 2.75) is 19.4 Å². The molecule has 0 aliphatic heterocycles. The summed E-state index contributed by atoms with van der Waals surface area (Å²) in [6, 6.07) is 14.2. The van der Waals surface area contributed by atoms with Gasteiger partial charge in [0, 0.05) is 11.6 Å². The molecule has 1 fully saturated rings. The van der Waals surface area contributed by atoms with E-state index in [1.165, 1.54) is 0 Å². The molecule has 2 aromatic carbocycles. The van der Waals surface area contributed by atoms with Crippen molar-refractivity contribution in [1.82, 2.24) is 5.32 Å². The van der Waals surface area contributed by atoms with Crippen molar-refractivity contribution in [1.29, 1.82) is 0 Å². The van der Waals surface area contributed by atoms with Crippen molar-refractivity contribution in [3.8, 4) is 0 Å². The number of benzene rings is 2. The molecule has 2 amide bonds. The SMILES string of the molecule is O=C(NCc1ccccc1Cl)C1(C(=O)Nc2ccccc2Cl)CC1. The predicted molar refractivity (Wildman–Crippen MR) is 95.0 cm³/mol. The molecule has 0 radical (unpaired) electrons. The molecule has 6 heteroatoms. The average molecular weight is 363 g/mol. The number of carbonyl (C=O) groups is 2. The van der Waals surface area contributed by atoms with Crippen molar-refractivity contribution in [3.63, 3.8) is 0 Å². The van der Waals surface area contributed by atoms with Crippen molar-refractivity contribution < 1.29 is 9.59 Å². The lowest BCUT2D eigenvalue weighted by atomic mass is 10.0. The normalized spacial score (nSPS) is 14.8. The van der Waals surface area contributed by atoms with Gasteiger partial charge < -0.3 is 10.6 Å². The number of hydrogen-bond donors (Lipinski definition) is 2. The molecule has 2 N–H and O–H groups in total. The third-order valence-electron chi connectivity index (χ3n) is 4.14. The van der Waals surface area contributed by atoms with Gasteiger partial charge in [-0.05, 0) is 36.6 Å². The number of rotatable bonds is 5. The van der Waals surface area contributed by atoms with Gasteiger partial charge in [-0.25, -0.2) is 0 Å². The van der Waals surface area contributed by atoms with E-state index in [-0.39, 0.29) is 11.8 Å². The van der Waals surface area contributed by atoms with Crippen LogP contribution in [0.5, 0.6) is 0 Å². The number of nitrogens with one attached hydrogen (secondary N) is 2. The van der Waals surface area contributed by atoms with Gasteiger partial charge in [0.25, 0.3) is 0 Å². The Labute approximate surface area is 150 Å². The van der Waals surface area contributed by atoms with E-state index >= 15 is 0 Å². The van der Waals surface area contributed by atoms with Gasteiger partial charge in [0.1, 0.15) is 5.41 Å². The van der Waals surface area contributed by atoms with Crippen molar-refractivity contribution >= 4 is 40.7 Å². The zero-order chi connectivity index (χ0) is 17.2. The standard InChI is InChI=1S/C18H16Cl2N2O2/c19-13-6-2-1-5-12(13)11-21-16(23)18(9-10-18)17(24)22-15-8-4-3-7-14(15)20/h1-8H,9-11H2,(H,21,23)(H,22,24). The second-order valence-corrected chi connectivity index (χ2v) is 6.60. The Kier molecular flexibility index (Phi) is 4.78. The van der Waals surface area contributed by atoms with Crippen LogP contribution in [0.25, 0.3) is 0 Å². The third kappa shape index (κ3) is 3.40. The smallest absolute Gasteiger partial charge is 0.240 e. The topological polar surface area (TPSA) is 58.2 Å². The van der Waals surface area contributed by atoms with E-state index in [9.17, 15) is 9.59 Å². The van der Waals surface area contributed by atoms with Crippen LogP contribution in [0.1, 0.15) is 18.4 Å². The second kappa shape index (κ2) is 6.83. The molecular formula is C18H16Cl2N2O2. The zero-order valence-corrected chi connectivity index (χ0v) is 14.3. The summed E-state index contributed by atoms with van der Waals surface area (Å²) < 4.78 is 0. The van der Waals surface area contributed by atoms with Gasteiger partial charge in [-0.15, -0.1) is 0 Å². The minimum absolute atomic E-state index is 0.285. The lowest BCUT2D eigenvalue weighted by molar-refractivity contribution is -0.134. The third-order valence-corrected chi connectivity index (χ3v) is 4.84. The molecule has 4 nitrogen and oxygen atoms in total. The second-order valence-electron chi connectivity index (χ2n) is 5.79. The maximum Gasteiger partial charge on any atom is 0.240 e. The monoisotopic (exact) mass is 362 g/mol. The van der Waals surface area contributed by atoms with Crippen LogP contribution in [-0.2, 0) is 16.1 Å². The van der Waals surface area contributed by atoms with Gasteiger partial charge in [-0.3, -0.25) is 9.59 Å². The molecular weight excluding hydrogens is 347 g/mol. The first-order valence-corrected chi connectivity index (χ1v) is 8.36. The van der Waals surface area contributed by atoms with E-state index in [0.29, 0.717) is 35.1 Å². The fraction of sp³-hybridized carbons (Fsp3) is 0.222. The molecule has 1 aliphatic carbocycles. The van der Waals surface area contributed by atoms with E-state index in [4.69, 9.17) is 23.2 Å². The van der Waals surface area contributed by atoms with Gasteiger partial charge in [-0.1, -0.05) is 53.5 Å². The van der Waals surface area contributed by atoms with Crippen LogP contribution < -0.4 is 10.6 Å². The highest BCUT2D eigenvalue weighted by molar-refractivity contribution is 6.34. The minimum Gasteiger partial charge on any atom is -0.351 e. The number of halogens is 2. The summed E-state index contributed by atoms with van der Waals surface area (Å²) in [5, 5.41) is 6.58. The van der Waals surface area contributed by atoms with Crippen LogP contribution >= 0.6 is 23.2 Å². The molecule has 0 aromatic heterocycles. The first-order chi connectivity index (χ1) is 11.5. The number of para-hydroxylation sites is 1. The molecule has 3 rings (SSSR count). The fourth-order valence-electron chi connectivity index (χ4n) is 2.47. The van der Waals surface area contributed by atoms with Crippen LogP contribution in [0, 0.1) is 5.41 Å². The fourth-order valence-corrected chi connectivity index (χ4v) is 2.86. The molecule has 0 saturated heterocycles. The summed E-state index contributed by atoms with van der Waals surface area (Å²) >= 11 is 12.1. The van der Waals surface area contributed by atoms with Crippen molar-refractivity contribution in [3.05, 3.63) is 64.1 Å². The van der Waals surface area contributed by atoms with E-state index in [1.807, 2.05) is 18.2 Å². The van der Waals surface area contributed by atoms with E-state index < -0.39 is 5.41 Å². The van der Waals surface area contributed by atoms with Crippen LogP contribution in [-0.4, -0.2) is 11.8 Å². The number of anilines is 1. The molecule has 124 valence electrons. The average Bonchev–Trinajstić information content (AvgIpc) is 3.38. The lowest BCUT2D eigenvalue weighted by Gasteiger charge is -2.16. The highest BCUT2D eigenvalue weighted by Gasteiger charge is 2.56. The molecule has 0 spiro atoms. The lowest BCUT2D eigenvalue weighted by Crippen LogP contribution is -2.39. The summed E-state index contributed by atoms with van der Waals surface area (Å²) in [7, 11) is 0. The molecule has 1 saturated carbocycles. The van der Waals surface area contributed by atoms with Crippen molar-refractivity contribution in [2.24, 2.45) is 5.41 Å². The Morgan fingerprint density at radius 2 is 1.54 bits per heavy atom. The van der Waals surface area contributed by atoms with Crippen LogP contribution in [0.3, 0.4) is 0 Å². The van der Waals surface area contributed by atoms with E-state index in [0.717, 1.165) is 5.56 Å². The summed E-state index contributed by atoms with van der Waals surface area (Å²) in [4.78, 5) is 25.0. The highest BCUT2D eigenvalue weighted by Crippen LogP contribution is 2.47. The molecule has 0 atom stereocenters. The predicted octanol–water partition coefficient (Wildman–Crippen LogP) is 4.03.